The Morgan fingerprint density at radius 1 is 1.06 bits per heavy atom. The maximum atomic E-state index is 12.2. The summed E-state index contributed by atoms with van der Waals surface area (Å²) in [5, 5.41) is 8.85. The molecule has 0 bridgehead atoms. The number of rotatable bonds is 3. The highest BCUT2D eigenvalue weighted by Crippen LogP contribution is 2.23. The fraction of sp³-hybridized carbons (Fsp3) is 0.0667. The minimum Gasteiger partial charge on any atom is -0.289 e. The van der Waals surface area contributed by atoms with Gasteiger partial charge in [-0.25, -0.2) is 0 Å². The zero-order chi connectivity index (χ0) is 13.0. The third-order valence-electron chi connectivity index (χ3n) is 2.59. The predicted octanol–water partition coefficient (Wildman–Crippen LogP) is 3.88. The molecule has 0 aliphatic carbocycles. The number of carbonyl (C=O) groups is 1. The molecule has 0 N–H and O–H groups in total. The fourth-order valence-electron chi connectivity index (χ4n) is 1.67. The number of carbonyl (C=O) groups excluding carboxylic acids is 1. The third kappa shape index (κ3) is 2.66. The summed E-state index contributed by atoms with van der Waals surface area (Å²) in [7, 11) is 0. The summed E-state index contributed by atoms with van der Waals surface area (Å²) in [5.41, 5.74) is 2.04. The summed E-state index contributed by atoms with van der Waals surface area (Å²) in [4.78, 5) is 11.8. The monoisotopic (exact) mass is 299 g/mol. The van der Waals surface area contributed by atoms with E-state index < -0.39 is 0 Å². The van der Waals surface area contributed by atoms with Gasteiger partial charge in [0.2, 0.25) is 0 Å². The number of ketones is 1. The maximum absolute atomic E-state index is 12.2. The van der Waals surface area contributed by atoms with Crippen LogP contribution in [0.5, 0.6) is 0 Å². The van der Waals surface area contributed by atoms with Gasteiger partial charge in [-0.2, -0.15) is 5.26 Å². The highest BCUT2D eigenvalue weighted by Gasteiger charge is 2.11. The SMILES string of the molecule is N#CC(Br)c1cccc(C(=O)c2ccccc2)c1. The van der Waals surface area contributed by atoms with Crippen molar-refractivity contribution in [2.45, 2.75) is 4.83 Å². The molecule has 0 amide bonds. The van der Waals surface area contributed by atoms with Crippen molar-refractivity contribution in [3.8, 4) is 6.07 Å². The highest BCUT2D eigenvalue weighted by molar-refractivity contribution is 9.09. The topological polar surface area (TPSA) is 40.9 Å². The summed E-state index contributed by atoms with van der Waals surface area (Å²) in [6.07, 6.45) is 0. The van der Waals surface area contributed by atoms with Gasteiger partial charge >= 0.3 is 0 Å². The van der Waals surface area contributed by atoms with E-state index >= 15 is 0 Å². The van der Waals surface area contributed by atoms with Gasteiger partial charge in [-0.3, -0.25) is 4.79 Å². The van der Waals surface area contributed by atoms with Crippen LogP contribution in [0.15, 0.2) is 54.6 Å². The average Bonchev–Trinajstić information content (AvgIpc) is 2.46. The Morgan fingerprint density at radius 2 is 1.72 bits per heavy atom. The first-order valence-electron chi connectivity index (χ1n) is 5.46. The van der Waals surface area contributed by atoms with Gasteiger partial charge in [-0.1, -0.05) is 64.5 Å². The van der Waals surface area contributed by atoms with E-state index in [-0.39, 0.29) is 10.6 Å². The molecular weight excluding hydrogens is 290 g/mol. The first kappa shape index (κ1) is 12.5. The van der Waals surface area contributed by atoms with Gasteiger partial charge in [-0.05, 0) is 11.6 Å². The van der Waals surface area contributed by atoms with Crippen LogP contribution in [0.4, 0.5) is 0 Å². The van der Waals surface area contributed by atoms with Crippen LogP contribution in [0, 0.1) is 11.3 Å². The minimum atomic E-state index is -0.388. The van der Waals surface area contributed by atoms with E-state index in [2.05, 4.69) is 22.0 Å². The second-order valence-electron chi connectivity index (χ2n) is 3.81. The predicted molar refractivity (Wildman–Crippen MR) is 73.6 cm³/mol. The first-order valence-corrected chi connectivity index (χ1v) is 6.37. The molecule has 0 spiro atoms. The molecule has 0 heterocycles. The molecule has 2 aromatic rings. The fourth-order valence-corrected chi connectivity index (χ4v) is 1.95. The van der Waals surface area contributed by atoms with Gasteiger partial charge in [-0.15, -0.1) is 0 Å². The molecule has 0 fully saturated rings. The molecule has 88 valence electrons. The van der Waals surface area contributed by atoms with Crippen molar-refractivity contribution >= 4 is 21.7 Å². The third-order valence-corrected chi connectivity index (χ3v) is 3.32. The molecule has 1 unspecified atom stereocenters. The lowest BCUT2D eigenvalue weighted by atomic mass is 10.0. The highest BCUT2D eigenvalue weighted by atomic mass is 79.9. The van der Waals surface area contributed by atoms with Crippen molar-refractivity contribution in [3.05, 3.63) is 71.3 Å². The van der Waals surface area contributed by atoms with E-state index in [1.165, 1.54) is 0 Å². The molecule has 2 rings (SSSR count). The lowest BCUT2D eigenvalue weighted by Gasteiger charge is -2.05. The number of hydrogen-bond donors (Lipinski definition) is 0. The van der Waals surface area contributed by atoms with Crippen molar-refractivity contribution in [2.24, 2.45) is 0 Å². The summed E-state index contributed by atoms with van der Waals surface area (Å²) in [6.45, 7) is 0. The number of alkyl halides is 1. The molecule has 0 saturated carbocycles. The van der Waals surface area contributed by atoms with Crippen molar-refractivity contribution in [1.82, 2.24) is 0 Å². The van der Waals surface area contributed by atoms with Crippen molar-refractivity contribution < 1.29 is 4.79 Å². The molecule has 0 radical (unpaired) electrons. The van der Waals surface area contributed by atoms with E-state index in [1.807, 2.05) is 24.3 Å². The van der Waals surface area contributed by atoms with Crippen LogP contribution in [-0.2, 0) is 0 Å². The van der Waals surface area contributed by atoms with Crippen LogP contribution < -0.4 is 0 Å². The minimum absolute atomic E-state index is 0.0323. The Morgan fingerprint density at radius 3 is 2.39 bits per heavy atom. The molecule has 0 aromatic heterocycles. The normalized spacial score (nSPS) is 11.6. The van der Waals surface area contributed by atoms with Gasteiger partial charge in [0, 0.05) is 11.1 Å². The van der Waals surface area contributed by atoms with Crippen LogP contribution in [0.2, 0.25) is 0 Å². The molecule has 1 atom stereocenters. The Hall–Kier alpha value is -1.92. The van der Waals surface area contributed by atoms with Crippen molar-refractivity contribution in [3.63, 3.8) is 0 Å². The van der Waals surface area contributed by atoms with Gasteiger partial charge < -0.3 is 0 Å². The van der Waals surface area contributed by atoms with Crippen LogP contribution in [0.3, 0.4) is 0 Å². The summed E-state index contributed by atoms with van der Waals surface area (Å²) in [6, 6.07) is 18.3. The van der Waals surface area contributed by atoms with Crippen LogP contribution in [-0.4, -0.2) is 5.78 Å². The summed E-state index contributed by atoms with van der Waals surface area (Å²) >= 11 is 3.25. The lowest BCUT2D eigenvalue weighted by Crippen LogP contribution is -2.01. The number of nitrogens with zero attached hydrogens (tertiary/aromatic N) is 1. The molecule has 0 aliphatic heterocycles. The average molecular weight is 300 g/mol. The Labute approximate surface area is 114 Å². The molecular formula is C15H10BrNO. The lowest BCUT2D eigenvalue weighted by molar-refractivity contribution is 0.103. The zero-order valence-electron chi connectivity index (χ0n) is 9.51. The van der Waals surface area contributed by atoms with Crippen LogP contribution in [0.1, 0.15) is 26.3 Å². The van der Waals surface area contributed by atoms with Gasteiger partial charge in [0.15, 0.2) is 5.78 Å². The van der Waals surface area contributed by atoms with Gasteiger partial charge in [0.1, 0.15) is 4.83 Å². The van der Waals surface area contributed by atoms with Crippen molar-refractivity contribution in [1.29, 1.82) is 5.26 Å². The van der Waals surface area contributed by atoms with E-state index in [0.717, 1.165) is 5.56 Å². The molecule has 0 aliphatic rings. The van der Waals surface area contributed by atoms with Gasteiger partial charge in [0.05, 0.1) is 6.07 Å². The standard InChI is InChI=1S/C15H10BrNO/c16-14(10-17)12-7-4-8-13(9-12)15(18)11-5-2-1-3-6-11/h1-9,14H. The zero-order valence-corrected chi connectivity index (χ0v) is 11.1. The number of hydrogen-bond acceptors (Lipinski definition) is 2. The molecule has 0 saturated heterocycles. The van der Waals surface area contributed by atoms with Crippen LogP contribution in [0.25, 0.3) is 0 Å². The van der Waals surface area contributed by atoms with Gasteiger partial charge in [0.25, 0.3) is 0 Å². The summed E-state index contributed by atoms with van der Waals surface area (Å²) in [5.74, 6) is -0.0323. The maximum Gasteiger partial charge on any atom is 0.193 e. The number of benzene rings is 2. The second kappa shape index (κ2) is 5.61. The molecule has 18 heavy (non-hydrogen) atoms. The number of nitriles is 1. The largest absolute Gasteiger partial charge is 0.289 e. The molecule has 2 aromatic carbocycles. The van der Waals surface area contributed by atoms with Crippen molar-refractivity contribution in [2.75, 3.05) is 0 Å². The van der Waals surface area contributed by atoms with E-state index in [0.29, 0.717) is 11.1 Å². The van der Waals surface area contributed by atoms with E-state index in [9.17, 15) is 4.79 Å². The Bertz CT molecular complexity index is 601. The Balaban J connectivity index is 2.35. The van der Waals surface area contributed by atoms with Crippen LogP contribution >= 0.6 is 15.9 Å². The number of halogens is 1. The molecule has 3 heteroatoms. The van der Waals surface area contributed by atoms with E-state index in [4.69, 9.17) is 5.26 Å². The second-order valence-corrected chi connectivity index (χ2v) is 4.73. The smallest absolute Gasteiger partial charge is 0.193 e. The van der Waals surface area contributed by atoms with E-state index in [1.54, 1.807) is 30.3 Å². The Kier molecular flexibility index (Phi) is 3.91. The first-order chi connectivity index (χ1) is 8.72. The quantitative estimate of drug-likeness (QED) is 0.637. The molecule has 2 nitrogen and oxygen atoms in total. The summed E-state index contributed by atoms with van der Waals surface area (Å²) < 4.78 is 0.